The van der Waals surface area contributed by atoms with Gasteiger partial charge in [0, 0.05) is 17.9 Å². The molecule has 0 aliphatic heterocycles. The zero-order chi connectivity index (χ0) is 19.6. The summed E-state index contributed by atoms with van der Waals surface area (Å²) in [6.45, 7) is 6.10. The molecule has 0 amide bonds. The van der Waals surface area contributed by atoms with Gasteiger partial charge in [-0.05, 0) is 39.0 Å². The maximum Gasteiger partial charge on any atom is 0.340 e. The number of carbonyl (C=O) groups excluding carboxylic acids is 1. The Bertz CT molecular complexity index is 1050. The highest BCUT2D eigenvalue weighted by Gasteiger charge is 2.19. The molecule has 0 radical (unpaired) electrons. The third-order valence-electron chi connectivity index (χ3n) is 4.48. The number of H-pyrrole nitrogens is 1. The third kappa shape index (κ3) is 3.42. The molecule has 138 valence electrons. The van der Waals surface area contributed by atoms with Crippen molar-refractivity contribution in [3.05, 3.63) is 58.9 Å². The molecular formula is C20H20N4O3. The van der Waals surface area contributed by atoms with Crippen LogP contribution >= 0.6 is 0 Å². The van der Waals surface area contributed by atoms with Gasteiger partial charge in [-0.2, -0.15) is 5.26 Å². The smallest absolute Gasteiger partial charge is 0.340 e. The number of para-hydroxylation sites is 2. The second kappa shape index (κ2) is 7.38. The van der Waals surface area contributed by atoms with E-state index < -0.39 is 12.6 Å². The standard InChI is InChI=1S/C20H20N4O3/c1-4-24-12(2)9-14(13(24)3)20(26)27-11-18(25)15(10-21)19-22-16-7-5-6-8-17(16)23-19/h5-9,25H,4,11H2,1-3H3,(H,22,23)/b18-15-. The molecule has 2 aromatic heterocycles. The minimum Gasteiger partial charge on any atom is -0.507 e. The minimum absolute atomic E-state index is 0.0574. The number of rotatable bonds is 5. The number of aliphatic hydroxyl groups excluding tert-OH is 1. The van der Waals surface area contributed by atoms with Crippen molar-refractivity contribution in [2.75, 3.05) is 6.61 Å². The summed E-state index contributed by atoms with van der Waals surface area (Å²) in [4.78, 5) is 19.6. The van der Waals surface area contributed by atoms with Crippen LogP contribution < -0.4 is 0 Å². The molecule has 0 spiro atoms. The first kappa shape index (κ1) is 18.3. The molecule has 2 heterocycles. The summed E-state index contributed by atoms with van der Waals surface area (Å²) in [6.07, 6.45) is 0. The fraction of sp³-hybridized carbons (Fsp3) is 0.250. The predicted octanol–water partition coefficient (Wildman–Crippen LogP) is 3.65. The fourth-order valence-electron chi connectivity index (χ4n) is 3.10. The number of aliphatic hydroxyl groups is 1. The molecular weight excluding hydrogens is 344 g/mol. The Hall–Kier alpha value is -3.53. The number of aryl methyl sites for hydroxylation is 1. The quantitative estimate of drug-likeness (QED) is 0.408. The number of nitrogens with zero attached hydrogens (tertiary/aromatic N) is 3. The van der Waals surface area contributed by atoms with E-state index in [1.54, 1.807) is 12.1 Å². The van der Waals surface area contributed by atoms with Crippen LogP contribution in [-0.2, 0) is 11.3 Å². The number of aromatic amines is 1. The van der Waals surface area contributed by atoms with E-state index in [2.05, 4.69) is 9.97 Å². The zero-order valence-corrected chi connectivity index (χ0v) is 15.4. The molecule has 0 bridgehead atoms. The van der Waals surface area contributed by atoms with Crippen molar-refractivity contribution in [1.29, 1.82) is 5.26 Å². The fourth-order valence-corrected chi connectivity index (χ4v) is 3.10. The molecule has 0 saturated heterocycles. The number of imidazole rings is 1. The summed E-state index contributed by atoms with van der Waals surface area (Å²) in [7, 11) is 0. The van der Waals surface area contributed by atoms with E-state index in [9.17, 15) is 15.2 Å². The molecule has 1 aromatic carbocycles. The van der Waals surface area contributed by atoms with Crippen LogP contribution in [0.4, 0.5) is 0 Å². The van der Waals surface area contributed by atoms with Gasteiger partial charge in [-0.1, -0.05) is 12.1 Å². The number of hydrogen-bond donors (Lipinski definition) is 2. The van der Waals surface area contributed by atoms with E-state index in [-0.39, 0.29) is 17.2 Å². The maximum atomic E-state index is 12.4. The van der Waals surface area contributed by atoms with Crippen molar-refractivity contribution in [3.8, 4) is 6.07 Å². The summed E-state index contributed by atoms with van der Waals surface area (Å²) in [5, 5.41) is 19.7. The van der Waals surface area contributed by atoms with Crippen molar-refractivity contribution >= 4 is 22.6 Å². The molecule has 2 N–H and O–H groups in total. The third-order valence-corrected chi connectivity index (χ3v) is 4.48. The number of fused-ring (bicyclic) bond motifs is 1. The van der Waals surface area contributed by atoms with Crippen LogP contribution in [0.2, 0.25) is 0 Å². The van der Waals surface area contributed by atoms with Crippen molar-refractivity contribution in [3.63, 3.8) is 0 Å². The average molecular weight is 364 g/mol. The second-order valence-electron chi connectivity index (χ2n) is 6.14. The zero-order valence-electron chi connectivity index (χ0n) is 15.4. The highest BCUT2D eigenvalue weighted by atomic mass is 16.5. The Balaban J connectivity index is 1.81. The normalized spacial score (nSPS) is 11.9. The van der Waals surface area contributed by atoms with Crippen LogP contribution in [0.25, 0.3) is 16.6 Å². The number of nitriles is 1. The summed E-state index contributed by atoms with van der Waals surface area (Å²) in [5.41, 5.74) is 3.58. The number of aromatic nitrogens is 3. The second-order valence-corrected chi connectivity index (χ2v) is 6.14. The lowest BCUT2D eigenvalue weighted by molar-refractivity contribution is 0.0502. The predicted molar refractivity (Wildman–Crippen MR) is 101 cm³/mol. The molecule has 27 heavy (non-hydrogen) atoms. The van der Waals surface area contributed by atoms with Gasteiger partial charge in [0.15, 0.2) is 11.6 Å². The number of carbonyl (C=O) groups is 1. The molecule has 3 rings (SSSR count). The lowest BCUT2D eigenvalue weighted by Gasteiger charge is -2.07. The van der Waals surface area contributed by atoms with E-state index in [0.717, 1.165) is 23.4 Å². The van der Waals surface area contributed by atoms with Gasteiger partial charge in [0.1, 0.15) is 18.2 Å². The van der Waals surface area contributed by atoms with Gasteiger partial charge < -0.3 is 19.4 Å². The molecule has 3 aromatic rings. The average Bonchev–Trinajstić information content (AvgIpc) is 3.20. The summed E-state index contributed by atoms with van der Waals surface area (Å²) < 4.78 is 7.21. The van der Waals surface area contributed by atoms with Gasteiger partial charge in [0.05, 0.1) is 16.6 Å². The van der Waals surface area contributed by atoms with E-state index in [1.165, 1.54) is 0 Å². The first-order valence-electron chi connectivity index (χ1n) is 8.57. The number of esters is 1. The summed E-state index contributed by atoms with van der Waals surface area (Å²) >= 11 is 0. The summed E-state index contributed by atoms with van der Waals surface area (Å²) in [5.74, 6) is -0.665. The van der Waals surface area contributed by atoms with Crippen LogP contribution in [0.1, 0.15) is 34.5 Å². The lowest BCUT2D eigenvalue weighted by atomic mass is 10.2. The largest absolute Gasteiger partial charge is 0.507 e. The lowest BCUT2D eigenvalue weighted by Crippen LogP contribution is -2.10. The molecule has 0 atom stereocenters. The Labute approximate surface area is 156 Å². The highest BCUT2D eigenvalue weighted by Crippen LogP contribution is 2.20. The number of nitrogens with one attached hydrogen (secondary N) is 1. The van der Waals surface area contributed by atoms with Gasteiger partial charge in [0.2, 0.25) is 0 Å². The minimum atomic E-state index is -0.545. The Morgan fingerprint density at radius 1 is 1.37 bits per heavy atom. The van der Waals surface area contributed by atoms with Gasteiger partial charge in [0.25, 0.3) is 0 Å². The number of hydrogen-bond acceptors (Lipinski definition) is 5. The number of ether oxygens (including phenoxy) is 1. The first-order valence-corrected chi connectivity index (χ1v) is 8.57. The van der Waals surface area contributed by atoms with E-state index >= 15 is 0 Å². The van der Waals surface area contributed by atoms with Crippen molar-refractivity contribution < 1.29 is 14.6 Å². The van der Waals surface area contributed by atoms with Gasteiger partial charge >= 0.3 is 5.97 Å². The Morgan fingerprint density at radius 2 is 2.11 bits per heavy atom. The molecule has 7 nitrogen and oxygen atoms in total. The summed E-state index contributed by atoms with van der Waals surface area (Å²) in [6, 6.07) is 11.0. The van der Waals surface area contributed by atoms with Crippen LogP contribution in [0, 0.1) is 25.2 Å². The van der Waals surface area contributed by atoms with Gasteiger partial charge in [-0.3, -0.25) is 0 Å². The number of allylic oxidation sites excluding steroid dienone is 1. The van der Waals surface area contributed by atoms with E-state index in [1.807, 2.05) is 49.6 Å². The van der Waals surface area contributed by atoms with Crippen molar-refractivity contribution in [2.45, 2.75) is 27.3 Å². The highest BCUT2D eigenvalue weighted by molar-refractivity contribution is 5.91. The molecule has 0 fully saturated rings. The topological polar surface area (TPSA) is 104 Å². The molecule has 0 aliphatic rings. The number of benzene rings is 1. The van der Waals surface area contributed by atoms with Crippen LogP contribution in [0.3, 0.4) is 0 Å². The van der Waals surface area contributed by atoms with Crippen molar-refractivity contribution in [2.24, 2.45) is 0 Å². The van der Waals surface area contributed by atoms with E-state index in [0.29, 0.717) is 11.1 Å². The van der Waals surface area contributed by atoms with Gasteiger partial charge in [-0.25, -0.2) is 9.78 Å². The maximum absolute atomic E-state index is 12.4. The molecule has 7 heteroatoms. The molecule has 0 saturated carbocycles. The Morgan fingerprint density at radius 3 is 2.74 bits per heavy atom. The van der Waals surface area contributed by atoms with Crippen molar-refractivity contribution in [1.82, 2.24) is 14.5 Å². The molecule has 0 aliphatic carbocycles. The SMILES string of the molecule is CCn1c(C)cc(C(=O)OC/C(O)=C(\C#N)c2nc3ccccc3[nH]2)c1C. The van der Waals surface area contributed by atoms with Crippen LogP contribution in [-0.4, -0.2) is 32.2 Å². The monoisotopic (exact) mass is 364 g/mol. The Kier molecular flexibility index (Phi) is 4.99. The van der Waals surface area contributed by atoms with E-state index in [4.69, 9.17) is 4.74 Å². The molecule has 0 unspecified atom stereocenters. The van der Waals surface area contributed by atoms with Gasteiger partial charge in [-0.15, -0.1) is 0 Å². The first-order chi connectivity index (χ1) is 13.0. The van der Waals surface area contributed by atoms with Crippen LogP contribution in [0.5, 0.6) is 0 Å². The van der Waals surface area contributed by atoms with Crippen LogP contribution in [0.15, 0.2) is 36.1 Å².